The van der Waals surface area contributed by atoms with Crippen molar-refractivity contribution >= 4 is 28.1 Å². The van der Waals surface area contributed by atoms with Crippen LogP contribution in [0, 0.1) is 12.9 Å². The lowest BCUT2D eigenvalue weighted by molar-refractivity contribution is 0.588. The predicted molar refractivity (Wildman–Crippen MR) is 111 cm³/mol. The van der Waals surface area contributed by atoms with Crippen LogP contribution < -0.4 is 10.2 Å². The predicted octanol–water partition coefficient (Wildman–Crippen LogP) is 4.17. The molecule has 0 spiro atoms. The SMILES string of the molecule is Cc1ccc2ncnc(N3CCc4ncc(Nc5cccnc5F)cc4C3)c2c1. The Morgan fingerprint density at radius 1 is 1.07 bits per heavy atom. The van der Waals surface area contributed by atoms with E-state index in [1.165, 1.54) is 11.8 Å². The zero-order valence-electron chi connectivity index (χ0n) is 15.9. The molecule has 1 aliphatic heterocycles. The topological polar surface area (TPSA) is 66.8 Å². The molecule has 1 N–H and O–H groups in total. The molecule has 7 heteroatoms. The van der Waals surface area contributed by atoms with E-state index in [0.717, 1.165) is 46.6 Å². The molecule has 3 aromatic heterocycles. The van der Waals surface area contributed by atoms with Crippen molar-refractivity contribution in [3.63, 3.8) is 0 Å². The fourth-order valence-corrected chi connectivity index (χ4v) is 3.72. The van der Waals surface area contributed by atoms with Crippen molar-refractivity contribution in [3.8, 4) is 0 Å². The number of fused-ring (bicyclic) bond motifs is 2. The van der Waals surface area contributed by atoms with Crippen molar-refractivity contribution in [2.75, 3.05) is 16.8 Å². The molecular formula is C22H19FN6. The first-order valence-corrected chi connectivity index (χ1v) is 9.49. The average molecular weight is 386 g/mol. The van der Waals surface area contributed by atoms with Gasteiger partial charge in [0.25, 0.3) is 0 Å². The molecule has 0 unspecified atom stereocenters. The van der Waals surface area contributed by atoms with Crippen LogP contribution >= 0.6 is 0 Å². The fourth-order valence-electron chi connectivity index (χ4n) is 3.72. The molecule has 0 saturated heterocycles. The Hall–Kier alpha value is -3.61. The normalized spacial score (nSPS) is 13.4. The van der Waals surface area contributed by atoms with Crippen molar-refractivity contribution in [3.05, 3.63) is 77.9 Å². The number of aromatic nitrogens is 4. The summed E-state index contributed by atoms with van der Waals surface area (Å²) in [6.45, 7) is 3.60. The van der Waals surface area contributed by atoms with Crippen LogP contribution in [0.25, 0.3) is 10.9 Å². The smallest absolute Gasteiger partial charge is 0.236 e. The van der Waals surface area contributed by atoms with Crippen LogP contribution in [0.4, 0.5) is 21.6 Å². The first kappa shape index (κ1) is 17.5. The van der Waals surface area contributed by atoms with Crippen LogP contribution in [0.1, 0.15) is 16.8 Å². The zero-order chi connectivity index (χ0) is 19.8. The highest BCUT2D eigenvalue weighted by Crippen LogP contribution is 2.29. The minimum absolute atomic E-state index is 0.333. The molecule has 0 atom stereocenters. The second-order valence-electron chi connectivity index (χ2n) is 7.19. The third-order valence-corrected chi connectivity index (χ3v) is 5.15. The minimum atomic E-state index is -0.533. The summed E-state index contributed by atoms with van der Waals surface area (Å²) < 4.78 is 13.9. The molecule has 5 rings (SSSR count). The van der Waals surface area contributed by atoms with E-state index in [4.69, 9.17) is 0 Å². The number of hydrogen-bond acceptors (Lipinski definition) is 6. The highest BCUT2D eigenvalue weighted by atomic mass is 19.1. The Bertz CT molecular complexity index is 1210. The van der Waals surface area contributed by atoms with Gasteiger partial charge in [-0.3, -0.25) is 4.98 Å². The summed E-state index contributed by atoms with van der Waals surface area (Å²) in [6.07, 6.45) is 5.61. The summed E-state index contributed by atoms with van der Waals surface area (Å²) >= 11 is 0. The average Bonchev–Trinajstić information content (AvgIpc) is 2.74. The Morgan fingerprint density at radius 2 is 2.00 bits per heavy atom. The number of nitrogens with zero attached hydrogens (tertiary/aromatic N) is 5. The summed E-state index contributed by atoms with van der Waals surface area (Å²) in [5.41, 5.74) is 5.35. The van der Waals surface area contributed by atoms with Gasteiger partial charge in [0.1, 0.15) is 12.1 Å². The second kappa shape index (κ2) is 7.09. The van der Waals surface area contributed by atoms with E-state index < -0.39 is 5.95 Å². The maximum absolute atomic E-state index is 13.9. The van der Waals surface area contributed by atoms with Crippen molar-refractivity contribution in [1.82, 2.24) is 19.9 Å². The van der Waals surface area contributed by atoms with Gasteiger partial charge in [-0.25, -0.2) is 15.0 Å². The molecule has 1 aliphatic rings. The Labute approximate surface area is 167 Å². The number of halogens is 1. The largest absolute Gasteiger partial charge is 0.351 e. The van der Waals surface area contributed by atoms with Gasteiger partial charge in [-0.2, -0.15) is 4.39 Å². The summed E-state index contributed by atoms with van der Waals surface area (Å²) in [4.78, 5) is 19.5. The molecule has 6 nitrogen and oxygen atoms in total. The number of hydrogen-bond donors (Lipinski definition) is 1. The van der Waals surface area contributed by atoms with Gasteiger partial charge >= 0.3 is 0 Å². The lowest BCUT2D eigenvalue weighted by atomic mass is 10.0. The van der Waals surface area contributed by atoms with Crippen LogP contribution in [-0.4, -0.2) is 26.5 Å². The van der Waals surface area contributed by atoms with Crippen LogP contribution in [0.15, 0.2) is 55.1 Å². The first-order valence-electron chi connectivity index (χ1n) is 9.49. The maximum atomic E-state index is 13.9. The minimum Gasteiger partial charge on any atom is -0.351 e. The third-order valence-electron chi connectivity index (χ3n) is 5.15. The number of aryl methyl sites for hydroxylation is 1. The molecule has 0 saturated carbocycles. The standard InChI is InChI=1S/C22H19FN6/c1-14-4-5-19-17(9-14)22(27-13-26-19)29-8-6-18-15(12-29)10-16(11-25-18)28-20-3-2-7-24-21(20)23/h2-5,7,9-11,13,28H,6,8,12H2,1H3. The van der Waals surface area contributed by atoms with Crippen LogP contribution in [-0.2, 0) is 13.0 Å². The lowest BCUT2D eigenvalue weighted by Crippen LogP contribution is -2.31. The molecule has 29 heavy (non-hydrogen) atoms. The third kappa shape index (κ3) is 3.35. The van der Waals surface area contributed by atoms with E-state index in [0.29, 0.717) is 12.2 Å². The van der Waals surface area contributed by atoms with Gasteiger partial charge in [0, 0.05) is 36.8 Å². The van der Waals surface area contributed by atoms with Crippen LogP contribution in [0.3, 0.4) is 0 Å². The summed E-state index contributed by atoms with van der Waals surface area (Å²) in [6, 6.07) is 11.6. The maximum Gasteiger partial charge on any atom is 0.236 e. The van der Waals surface area contributed by atoms with Gasteiger partial charge in [-0.15, -0.1) is 0 Å². The first-order chi connectivity index (χ1) is 14.2. The summed E-state index contributed by atoms with van der Waals surface area (Å²) in [5.74, 6) is 0.399. The van der Waals surface area contributed by atoms with E-state index in [2.05, 4.69) is 49.2 Å². The molecule has 0 amide bonds. The lowest BCUT2D eigenvalue weighted by Gasteiger charge is -2.30. The number of pyridine rings is 2. The molecular weight excluding hydrogens is 367 g/mol. The molecule has 4 aromatic rings. The van der Waals surface area contributed by atoms with Gasteiger partial charge < -0.3 is 10.2 Å². The molecule has 0 bridgehead atoms. The molecule has 0 radical (unpaired) electrons. The molecule has 1 aromatic carbocycles. The number of nitrogens with one attached hydrogen (secondary N) is 1. The van der Waals surface area contributed by atoms with E-state index in [9.17, 15) is 4.39 Å². The monoisotopic (exact) mass is 386 g/mol. The Balaban J connectivity index is 1.46. The molecule has 4 heterocycles. The second-order valence-corrected chi connectivity index (χ2v) is 7.19. The number of anilines is 3. The van der Waals surface area contributed by atoms with E-state index in [1.54, 1.807) is 24.7 Å². The van der Waals surface area contributed by atoms with E-state index >= 15 is 0 Å². The Morgan fingerprint density at radius 3 is 2.90 bits per heavy atom. The van der Waals surface area contributed by atoms with Crippen LogP contribution in [0.5, 0.6) is 0 Å². The van der Waals surface area contributed by atoms with Crippen molar-refractivity contribution < 1.29 is 4.39 Å². The number of benzene rings is 1. The Kier molecular flexibility index (Phi) is 4.27. The van der Waals surface area contributed by atoms with Gasteiger partial charge in [0.2, 0.25) is 5.95 Å². The van der Waals surface area contributed by atoms with Crippen molar-refractivity contribution in [2.24, 2.45) is 0 Å². The van der Waals surface area contributed by atoms with Crippen LogP contribution in [0.2, 0.25) is 0 Å². The molecule has 0 aliphatic carbocycles. The number of rotatable bonds is 3. The zero-order valence-corrected chi connectivity index (χ0v) is 15.9. The van der Waals surface area contributed by atoms with Gasteiger partial charge in [0.15, 0.2) is 0 Å². The highest BCUT2D eigenvalue weighted by Gasteiger charge is 2.21. The fraction of sp³-hybridized carbons (Fsp3) is 0.182. The van der Waals surface area contributed by atoms with Gasteiger partial charge in [-0.05, 0) is 42.8 Å². The van der Waals surface area contributed by atoms with Gasteiger partial charge in [-0.1, -0.05) is 11.6 Å². The summed E-state index contributed by atoms with van der Waals surface area (Å²) in [7, 11) is 0. The quantitative estimate of drug-likeness (QED) is 0.533. The molecule has 0 fully saturated rings. The van der Waals surface area contributed by atoms with E-state index in [1.807, 2.05) is 12.1 Å². The molecule has 144 valence electrons. The highest BCUT2D eigenvalue weighted by molar-refractivity contribution is 5.90. The van der Waals surface area contributed by atoms with Crippen molar-refractivity contribution in [1.29, 1.82) is 0 Å². The van der Waals surface area contributed by atoms with E-state index in [-0.39, 0.29) is 0 Å². The van der Waals surface area contributed by atoms with Crippen molar-refractivity contribution in [2.45, 2.75) is 19.9 Å². The summed E-state index contributed by atoms with van der Waals surface area (Å²) in [5, 5.41) is 4.12. The van der Waals surface area contributed by atoms with Gasteiger partial charge in [0.05, 0.1) is 23.1 Å².